The maximum Gasteiger partial charge on any atom is 0.410 e. The summed E-state index contributed by atoms with van der Waals surface area (Å²) >= 11 is 0. The van der Waals surface area contributed by atoms with Crippen LogP contribution in [0.1, 0.15) is 18.9 Å². The number of carbonyl (C=O) groups excluding carboxylic acids is 1. The first kappa shape index (κ1) is 13.4. The maximum absolute atomic E-state index is 12.0. The summed E-state index contributed by atoms with van der Waals surface area (Å²) < 4.78 is 5.29. The van der Waals surface area contributed by atoms with Crippen molar-refractivity contribution in [1.29, 1.82) is 5.26 Å². The Hall–Kier alpha value is -2.02. The highest BCUT2D eigenvalue weighted by Crippen LogP contribution is 2.21. The van der Waals surface area contributed by atoms with Gasteiger partial charge in [0, 0.05) is 13.1 Å². The zero-order chi connectivity index (χ0) is 13.7. The third-order valence-electron chi connectivity index (χ3n) is 3.31. The van der Waals surface area contributed by atoms with E-state index in [0.717, 1.165) is 12.0 Å². The molecule has 0 bridgehead atoms. The molecule has 0 spiro atoms. The van der Waals surface area contributed by atoms with Gasteiger partial charge in [0.1, 0.15) is 6.61 Å². The molecule has 1 aliphatic heterocycles. The molecule has 2 atom stereocenters. The van der Waals surface area contributed by atoms with Crippen LogP contribution >= 0.6 is 0 Å². The Balaban J connectivity index is 1.87. The average Bonchev–Trinajstić information content (AvgIpc) is 2.45. The van der Waals surface area contributed by atoms with Crippen molar-refractivity contribution in [1.82, 2.24) is 4.90 Å². The lowest BCUT2D eigenvalue weighted by molar-refractivity contribution is 0.0739. The number of hydrogen-bond acceptors (Lipinski definition) is 3. The van der Waals surface area contributed by atoms with E-state index in [1.54, 1.807) is 4.90 Å². The molecule has 0 aliphatic carbocycles. The van der Waals surface area contributed by atoms with Crippen molar-refractivity contribution in [2.45, 2.75) is 20.0 Å². The molecule has 2 unspecified atom stereocenters. The molecule has 19 heavy (non-hydrogen) atoms. The van der Waals surface area contributed by atoms with Crippen LogP contribution in [0, 0.1) is 23.2 Å². The van der Waals surface area contributed by atoms with Crippen molar-refractivity contribution >= 4 is 6.09 Å². The van der Waals surface area contributed by atoms with Crippen LogP contribution in [0.4, 0.5) is 4.79 Å². The highest BCUT2D eigenvalue weighted by molar-refractivity contribution is 5.67. The topological polar surface area (TPSA) is 53.3 Å². The summed E-state index contributed by atoms with van der Waals surface area (Å²) in [7, 11) is 0. The first-order chi connectivity index (χ1) is 9.19. The molecule has 1 aliphatic rings. The molecular weight excluding hydrogens is 240 g/mol. The van der Waals surface area contributed by atoms with Crippen LogP contribution in [0.25, 0.3) is 0 Å². The van der Waals surface area contributed by atoms with Gasteiger partial charge in [-0.2, -0.15) is 5.26 Å². The fourth-order valence-corrected chi connectivity index (χ4v) is 2.40. The van der Waals surface area contributed by atoms with E-state index in [4.69, 9.17) is 10.00 Å². The highest BCUT2D eigenvalue weighted by Gasteiger charge is 2.28. The van der Waals surface area contributed by atoms with Crippen LogP contribution in [-0.2, 0) is 11.3 Å². The first-order valence-corrected chi connectivity index (χ1v) is 6.54. The number of likely N-dealkylation sites (tertiary alicyclic amines) is 1. The van der Waals surface area contributed by atoms with Gasteiger partial charge in [-0.25, -0.2) is 4.79 Å². The third-order valence-corrected chi connectivity index (χ3v) is 3.31. The van der Waals surface area contributed by atoms with Gasteiger partial charge < -0.3 is 9.64 Å². The summed E-state index contributed by atoms with van der Waals surface area (Å²) in [5.74, 6) is 0.274. The van der Waals surface area contributed by atoms with Crippen LogP contribution in [0.15, 0.2) is 30.3 Å². The van der Waals surface area contributed by atoms with Crippen molar-refractivity contribution in [3.05, 3.63) is 35.9 Å². The van der Waals surface area contributed by atoms with Crippen molar-refractivity contribution in [2.24, 2.45) is 11.8 Å². The third kappa shape index (κ3) is 3.72. The van der Waals surface area contributed by atoms with Crippen LogP contribution < -0.4 is 0 Å². The van der Waals surface area contributed by atoms with Gasteiger partial charge >= 0.3 is 6.09 Å². The zero-order valence-electron chi connectivity index (χ0n) is 11.1. The summed E-state index contributed by atoms with van der Waals surface area (Å²) in [4.78, 5) is 13.6. The van der Waals surface area contributed by atoms with E-state index >= 15 is 0 Å². The number of amides is 1. The van der Waals surface area contributed by atoms with Gasteiger partial charge in [-0.15, -0.1) is 0 Å². The molecule has 4 nitrogen and oxygen atoms in total. The van der Waals surface area contributed by atoms with Crippen molar-refractivity contribution in [3.8, 4) is 6.07 Å². The zero-order valence-corrected chi connectivity index (χ0v) is 11.1. The molecular formula is C15H18N2O2. The molecule has 1 amide bonds. The lowest BCUT2D eigenvalue weighted by atomic mass is 9.92. The van der Waals surface area contributed by atoms with E-state index in [-0.39, 0.29) is 18.6 Å². The fraction of sp³-hybridized carbons (Fsp3) is 0.467. The second-order valence-electron chi connectivity index (χ2n) is 5.11. The molecule has 1 heterocycles. The summed E-state index contributed by atoms with van der Waals surface area (Å²) in [6.45, 7) is 3.49. The number of ether oxygens (including phenoxy) is 1. The number of nitrogens with zero attached hydrogens (tertiary/aromatic N) is 2. The predicted molar refractivity (Wildman–Crippen MR) is 71.1 cm³/mol. The average molecular weight is 258 g/mol. The standard InChI is InChI=1S/C15H18N2O2/c1-12-7-14(8-16)10-17(9-12)15(18)19-11-13-5-3-2-4-6-13/h2-6,12,14H,7,9-11H2,1H3. The Morgan fingerprint density at radius 2 is 2.16 bits per heavy atom. The lowest BCUT2D eigenvalue weighted by Gasteiger charge is -2.32. The number of benzene rings is 1. The van der Waals surface area contributed by atoms with Gasteiger partial charge in [-0.1, -0.05) is 37.3 Å². The van der Waals surface area contributed by atoms with Gasteiger partial charge in [0.25, 0.3) is 0 Å². The summed E-state index contributed by atoms with van der Waals surface area (Å²) in [6.07, 6.45) is 0.537. The molecule has 0 saturated carbocycles. The number of rotatable bonds is 2. The Morgan fingerprint density at radius 1 is 1.42 bits per heavy atom. The Bertz CT molecular complexity index is 467. The molecule has 1 saturated heterocycles. The van der Waals surface area contributed by atoms with E-state index in [2.05, 4.69) is 13.0 Å². The van der Waals surface area contributed by atoms with E-state index in [1.807, 2.05) is 30.3 Å². The second kappa shape index (κ2) is 6.24. The fourth-order valence-electron chi connectivity index (χ4n) is 2.40. The smallest absolute Gasteiger partial charge is 0.410 e. The molecule has 0 N–H and O–H groups in total. The Morgan fingerprint density at radius 3 is 2.84 bits per heavy atom. The summed E-state index contributed by atoms with van der Waals surface area (Å²) in [5, 5.41) is 8.99. The molecule has 2 rings (SSSR count). The molecule has 1 fully saturated rings. The van der Waals surface area contributed by atoms with Crippen LogP contribution in [0.5, 0.6) is 0 Å². The largest absolute Gasteiger partial charge is 0.445 e. The number of hydrogen-bond donors (Lipinski definition) is 0. The molecule has 100 valence electrons. The SMILES string of the molecule is CC1CC(C#N)CN(C(=O)OCc2ccccc2)C1. The van der Waals surface area contributed by atoms with E-state index in [1.165, 1.54) is 0 Å². The molecule has 1 aromatic rings. The number of nitriles is 1. The molecule has 1 aromatic carbocycles. The highest BCUT2D eigenvalue weighted by atomic mass is 16.6. The van der Waals surface area contributed by atoms with Gasteiger partial charge in [-0.05, 0) is 17.9 Å². The minimum Gasteiger partial charge on any atom is -0.445 e. The van der Waals surface area contributed by atoms with Gasteiger partial charge in [0.05, 0.1) is 12.0 Å². The minimum atomic E-state index is -0.323. The normalized spacial score (nSPS) is 22.6. The van der Waals surface area contributed by atoms with Crippen molar-refractivity contribution < 1.29 is 9.53 Å². The molecule has 4 heteroatoms. The van der Waals surface area contributed by atoms with E-state index in [0.29, 0.717) is 19.0 Å². The second-order valence-corrected chi connectivity index (χ2v) is 5.11. The van der Waals surface area contributed by atoms with Crippen LogP contribution in [-0.4, -0.2) is 24.1 Å². The van der Waals surface area contributed by atoms with E-state index in [9.17, 15) is 4.79 Å². The molecule has 0 radical (unpaired) electrons. The molecule has 0 aromatic heterocycles. The van der Waals surface area contributed by atoms with Crippen LogP contribution in [0.3, 0.4) is 0 Å². The van der Waals surface area contributed by atoms with Crippen LogP contribution in [0.2, 0.25) is 0 Å². The minimum absolute atomic E-state index is 0.0759. The summed E-state index contributed by atoms with van der Waals surface area (Å²) in [6, 6.07) is 11.8. The Labute approximate surface area is 113 Å². The van der Waals surface area contributed by atoms with Crippen molar-refractivity contribution in [3.63, 3.8) is 0 Å². The van der Waals surface area contributed by atoms with Gasteiger partial charge in [-0.3, -0.25) is 0 Å². The number of piperidine rings is 1. The summed E-state index contributed by atoms with van der Waals surface area (Å²) in [5.41, 5.74) is 0.970. The van der Waals surface area contributed by atoms with Gasteiger partial charge in [0.2, 0.25) is 0 Å². The monoisotopic (exact) mass is 258 g/mol. The van der Waals surface area contributed by atoms with Crippen molar-refractivity contribution in [2.75, 3.05) is 13.1 Å². The quantitative estimate of drug-likeness (QED) is 0.819. The predicted octanol–water partition coefficient (Wildman–Crippen LogP) is 2.80. The van der Waals surface area contributed by atoms with E-state index < -0.39 is 0 Å². The Kier molecular flexibility index (Phi) is 4.40. The van der Waals surface area contributed by atoms with Gasteiger partial charge in [0.15, 0.2) is 0 Å². The first-order valence-electron chi connectivity index (χ1n) is 6.54. The maximum atomic E-state index is 12.0. The number of carbonyl (C=O) groups is 1. The lowest BCUT2D eigenvalue weighted by Crippen LogP contribution is -2.43.